The molecule has 0 unspecified atom stereocenters. The maximum atomic E-state index is 4.40. The molecule has 0 aromatic carbocycles. The van der Waals surface area contributed by atoms with E-state index >= 15 is 0 Å². The lowest BCUT2D eigenvalue weighted by Crippen LogP contribution is -2.22. The van der Waals surface area contributed by atoms with Gasteiger partial charge in [0.2, 0.25) is 0 Å². The van der Waals surface area contributed by atoms with Crippen LogP contribution in [0.4, 0.5) is 5.69 Å². The maximum absolute atomic E-state index is 4.40. The summed E-state index contributed by atoms with van der Waals surface area (Å²) in [7, 11) is 2.14. The third kappa shape index (κ3) is 5.74. The van der Waals surface area contributed by atoms with Gasteiger partial charge in [-0.25, -0.2) is 0 Å². The Morgan fingerprint density at radius 2 is 2.22 bits per heavy atom. The average Bonchev–Trinajstić information content (AvgIpc) is 2.36. The van der Waals surface area contributed by atoms with E-state index in [9.17, 15) is 0 Å². The Kier molecular flexibility index (Phi) is 7.13. The lowest BCUT2D eigenvalue weighted by Gasteiger charge is -2.19. The van der Waals surface area contributed by atoms with Crippen molar-refractivity contribution < 1.29 is 0 Å². The maximum Gasteiger partial charge on any atom is 0.0562 e. The van der Waals surface area contributed by atoms with E-state index in [-0.39, 0.29) is 0 Å². The van der Waals surface area contributed by atoms with E-state index in [1.807, 2.05) is 18.0 Å². The zero-order chi connectivity index (χ0) is 13.4. The molecule has 3 nitrogen and oxygen atoms in total. The van der Waals surface area contributed by atoms with E-state index in [0.717, 1.165) is 31.1 Å². The zero-order valence-electron chi connectivity index (χ0n) is 11.9. The van der Waals surface area contributed by atoms with Gasteiger partial charge in [0.25, 0.3) is 0 Å². The number of nitrogens with zero attached hydrogens (tertiary/aromatic N) is 2. The van der Waals surface area contributed by atoms with E-state index < -0.39 is 0 Å². The summed E-state index contributed by atoms with van der Waals surface area (Å²) in [5, 5.41) is 3.43. The van der Waals surface area contributed by atoms with Crippen LogP contribution in [-0.4, -0.2) is 37.1 Å². The van der Waals surface area contributed by atoms with Gasteiger partial charge in [-0.05, 0) is 30.9 Å². The van der Waals surface area contributed by atoms with E-state index in [1.165, 1.54) is 5.69 Å². The van der Waals surface area contributed by atoms with Crippen molar-refractivity contribution in [2.75, 3.05) is 37.0 Å². The van der Waals surface area contributed by atoms with Gasteiger partial charge in [-0.3, -0.25) is 4.98 Å². The summed E-state index contributed by atoms with van der Waals surface area (Å²) in [4.78, 5) is 6.69. The highest BCUT2D eigenvalue weighted by Gasteiger charge is 2.02. The first kappa shape index (κ1) is 15.3. The lowest BCUT2D eigenvalue weighted by atomic mass is 10.2. The van der Waals surface area contributed by atoms with E-state index in [1.54, 1.807) is 0 Å². The van der Waals surface area contributed by atoms with E-state index in [0.29, 0.717) is 5.92 Å². The molecule has 0 saturated heterocycles. The molecule has 0 aliphatic heterocycles. The summed E-state index contributed by atoms with van der Waals surface area (Å²) in [5.41, 5.74) is 2.37. The molecule has 1 heterocycles. The molecule has 0 fully saturated rings. The second-order valence-corrected chi connectivity index (χ2v) is 5.93. The smallest absolute Gasteiger partial charge is 0.0562 e. The molecule has 18 heavy (non-hydrogen) atoms. The molecule has 0 atom stereocenters. The number of hydrogen-bond acceptors (Lipinski definition) is 4. The van der Waals surface area contributed by atoms with Crippen molar-refractivity contribution in [1.82, 2.24) is 10.3 Å². The number of nitrogens with one attached hydrogen (secondary N) is 1. The van der Waals surface area contributed by atoms with Gasteiger partial charge < -0.3 is 10.2 Å². The van der Waals surface area contributed by atoms with Crippen LogP contribution in [0.5, 0.6) is 0 Å². The molecule has 4 heteroatoms. The molecule has 0 amide bonds. The highest BCUT2D eigenvalue weighted by Crippen LogP contribution is 2.13. The zero-order valence-corrected chi connectivity index (χ0v) is 12.8. The van der Waals surface area contributed by atoms with Gasteiger partial charge in [0.1, 0.15) is 0 Å². The van der Waals surface area contributed by atoms with Crippen molar-refractivity contribution in [2.45, 2.75) is 20.4 Å². The molecular weight excluding hydrogens is 242 g/mol. The average molecular weight is 267 g/mol. The largest absolute Gasteiger partial charge is 0.374 e. The minimum atomic E-state index is 0.678. The van der Waals surface area contributed by atoms with Crippen LogP contribution in [0, 0.1) is 5.92 Å². The first-order valence-electron chi connectivity index (χ1n) is 6.49. The summed E-state index contributed by atoms with van der Waals surface area (Å²) >= 11 is 1.88. The Bertz CT molecular complexity index is 342. The third-order valence-electron chi connectivity index (χ3n) is 2.73. The van der Waals surface area contributed by atoms with Crippen molar-refractivity contribution in [3.8, 4) is 0 Å². The van der Waals surface area contributed by atoms with Crippen molar-refractivity contribution in [3.63, 3.8) is 0 Å². The standard InChI is InChI=1S/C14H25N3S/c1-12(2)10-15-11-13-9-14(5-6-16-13)17(3)7-8-18-4/h5-6,9,12,15H,7-8,10-11H2,1-4H3. The summed E-state index contributed by atoms with van der Waals surface area (Å²) in [5.74, 6) is 1.83. The molecule has 0 spiro atoms. The van der Waals surface area contributed by atoms with E-state index in [2.05, 4.69) is 54.5 Å². The minimum Gasteiger partial charge on any atom is -0.374 e. The monoisotopic (exact) mass is 267 g/mol. The normalized spacial score (nSPS) is 10.9. The molecule has 1 aromatic rings. The quantitative estimate of drug-likeness (QED) is 0.784. The van der Waals surface area contributed by atoms with Gasteiger partial charge in [-0.15, -0.1) is 0 Å². The Labute approximate surface area is 115 Å². The summed E-state index contributed by atoms with van der Waals surface area (Å²) < 4.78 is 0. The van der Waals surface area contributed by atoms with Crippen molar-refractivity contribution >= 4 is 17.4 Å². The highest BCUT2D eigenvalue weighted by atomic mass is 32.2. The molecule has 0 bridgehead atoms. The summed E-state index contributed by atoms with van der Waals surface area (Å²) in [6.45, 7) is 7.39. The van der Waals surface area contributed by atoms with Crippen LogP contribution in [0.2, 0.25) is 0 Å². The van der Waals surface area contributed by atoms with E-state index in [4.69, 9.17) is 0 Å². The summed E-state index contributed by atoms with van der Waals surface area (Å²) in [6.07, 6.45) is 4.04. The Morgan fingerprint density at radius 1 is 1.44 bits per heavy atom. The fourth-order valence-electron chi connectivity index (χ4n) is 1.65. The van der Waals surface area contributed by atoms with Crippen LogP contribution in [-0.2, 0) is 6.54 Å². The molecule has 1 N–H and O–H groups in total. The van der Waals surface area contributed by atoms with Gasteiger partial charge in [-0.1, -0.05) is 13.8 Å². The van der Waals surface area contributed by atoms with Crippen LogP contribution < -0.4 is 10.2 Å². The minimum absolute atomic E-state index is 0.678. The van der Waals surface area contributed by atoms with Gasteiger partial charge >= 0.3 is 0 Å². The predicted molar refractivity (Wildman–Crippen MR) is 82.4 cm³/mol. The van der Waals surface area contributed by atoms with Crippen molar-refractivity contribution in [1.29, 1.82) is 0 Å². The fraction of sp³-hybridized carbons (Fsp3) is 0.643. The first-order valence-corrected chi connectivity index (χ1v) is 7.88. The number of hydrogen-bond donors (Lipinski definition) is 1. The molecule has 0 saturated carbocycles. The lowest BCUT2D eigenvalue weighted by molar-refractivity contribution is 0.548. The van der Waals surface area contributed by atoms with Gasteiger partial charge in [-0.2, -0.15) is 11.8 Å². The first-order chi connectivity index (χ1) is 8.63. The molecule has 1 aromatic heterocycles. The van der Waals surface area contributed by atoms with Crippen LogP contribution >= 0.6 is 11.8 Å². The van der Waals surface area contributed by atoms with Crippen molar-refractivity contribution in [3.05, 3.63) is 24.0 Å². The summed E-state index contributed by atoms with van der Waals surface area (Å²) in [6, 6.07) is 4.25. The molecule has 1 rings (SSSR count). The number of thioether (sulfide) groups is 1. The van der Waals surface area contributed by atoms with Crippen LogP contribution in [0.1, 0.15) is 19.5 Å². The molecule has 0 aliphatic carbocycles. The molecular formula is C14H25N3S. The second kappa shape index (κ2) is 8.38. The van der Waals surface area contributed by atoms with Gasteiger partial charge in [0.15, 0.2) is 0 Å². The Balaban J connectivity index is 2.50. The van der Waals surface area contributed by atoms with Gasteiger partial charge in [0, 0.05) is 37.8 Å². The molecule has 0 aliphatic rings. The number of pyridine rings is 1. The van der Waals surface area contributed by atoms with Crippen LogP contribution in [0.25, 0.3) is 0 Å². The molecule has 102 valence electrons. The topological polar surface area (TPSA) is 28.2 Å². The highest BCUT2D eigenvalue weighted by molar-refractivity contribution is 7.98. The Morgan fingerprint density at radius 3 is 2.89 bits per heavy atom. The SMILES string of the molecule is CSCCN(C)c1ccnc(CNCC(C)C)c1. The van der Waals surface area contributed by atoms with Crippen molar-refractivity contribution in [2.24, 2.45) is 5.92 Å². The second-order valence-electron chi connectivity index (χ2n) is 4.94. The molecule has 0 radical (unpaired) electrons. The number of rotatable bonds is 8. The van der Waals surface area contributed by atoms with Crippen LogP contribution in [0.3, 0.4) is 0 Å². The van der Waals surface area contributed by atoms with Gasteiger partial charge in [0.05, 0.1) is 5.69 Å². The predicted octanol–water partition coefficient (Wildman–Crippen LogP) is 2.63. The number of anilines is 1. The van der Waals surface area contributed by atoms with Crippen LogP contribution in [0.15, 0.2) is 18.3 Å². The third-order valence-corrected chi connectivity index (χ3v) is 3.32. The number of aromatic nitrogens is 1. The Hall–Kier alpha value is -0.740. The fourth-order valence-corrected chi connectivity index (χ4v) is 2.10.